The Morgan fingerprint density at radius 1 is 1.60 bits per heavy atom. The molecule has 1 rings (SSSR count). The standard InChI is InChI=1S/C12H20N2O/c1-4-5-6-7-14(3)12(15)10(2)11-8-13-9-11/h4,13H,1,5-9H2,2-3H3. The Labute approximate surface area is 91.8 Å². The summed E-state index contributed by atoms with van der Waals surface area (Å²) in [6.07, 6.45) is 3.85. The van der Waals surface area contributed by atoms with Crippen molar-refractivity contribution in [3.05, 3.63) is 23.8 Å². The monoisotopic (exact) mass is 208 g/mol. The molecule has 15 heavy (non-hydrogen) atoms. The molecule has 1 aliphatic heterocycles. The molecular formula is C12H20N2O. The average Bonchev–Trinajstić information content (AvgIpc) is 2.14. The lowest BCUT2D eigenvalue weighted by Crippen LogP contribution is -2.38. The van der Waals surface area contributed by atoms with Gasteiger partial charge in [-0.15, -0.1) is 6.58 Å². The van der Waals surface area contributed by atoms with Gasteiger partial charge in [0.25, 0.3) is 0 Å². The van der Waals surface area contributed by atoms with Crippen LogP contribution in [0.5, 0.6) is 0 Å². The number of nitrogens with one attached hydrogen (secondary N) is 1. The third-order valence-electron chi connectivity index (χ3n) is 2.78. The van der Waals surface area contributed by atoms with Gasteiger partial charge in [-0.2, -0.15) is 0 Å². The first-order valence-corrected chi connectivity index (χ1v) is 5.42. The number of hydrogen-bond acceptors (Lipinski definition) is 2. The summed E-state index contributed by atoms with van der Waals surface area (Å²) in [6.45, 7) is 8.14. The Morgan fingerprint density at radius 3 is 2.73 bits per heavy atom. The fourth-order valence-corrected chi connectivity index (χ4v) is 1.53. The van der Waals surface area contributed by atoms with E-state index in [1.807, 2.05) is 20.0 Å². The second kappa shape index (κ2) is 5.71. The number of likely N-dealkylation sites (N-methyl/N-ethyl adjacent to an activating group) is 1. The molecule has 0 saturated carbocycles. The van der Waals surface area contributed by atoms with Gasteiger partial charge in [0.05, 0.1) is 0 Å². The summed E-state index contributed by atoms with van der Waals surface area (Å²) >= 11 is 0. The van der Waals surface area contributed by atoms with Crippen LogP contribution in [0.1, 0.15) is 19.8 Å². The zero-order valence-corrected chi connectivity index (χ0v) is 9.68. The van der Waals surface area contributed by atoms with Gasteiger partial charge in [-0.05, 0) is 25.3 Å². The van der Waals surface area contributed by atoms with Crippen molar-refractivity contribution >= 4 is 5.91 Å². The largest absolute Gasteiger partial charge is 0.342 e. The zero-order valence-electron chi connectivity index (χ0n) is 9.68. The normalized spacial score (nSPS) is 14.4. The van der Waals surface area contributed by atoms with Gasteiger partial charge in [0, 0.05) is 32.3 Å². The summed E-state index contributed by atoms with van der Waals surface area (Å²) in [7, 11) is 1.86. The van der Waals surface area contributed by atoms with E-state index < -0.39 is 0 Å². The lowest BCUT2D eigenvalue weighted by atomic mass is 10.0. The minimum atomic E-state index is 0.163. The van der Waals surface area contributed by atoms with Gasteiger partial charge >= 0.3 is 0 Å². The molecule has 0 radical (unpaired) electrons. The maximum Gasteiger partial charge on any atom is 0.249 e. The number of allylic oxidation sites excluding steroid dienone is 1. The summed E-state index contributed by atoms with van der Waals surface area (Å²) in [5.41, 5.74) is 2.16. The van der Waals surface area contributed by atoms with Crippen molar-refractivity contribution in [3.63, 3.8) is 0 Å². The van der Waals surface area contributed by atoms with Crippen LogP contribution in [-0.2, 0) is 4.79 Å². The lowest BCUT2D eigenvalue weighted by molar-refractivity contribution is -0.126. The first kappa shape index (κ1) is 12.0. The summed E-state index contributed by atoms with van der Waals surface area (Å²) < 4.78 is 0. The summed E-state index contributed by atoms with van der Waals surface area (Å²) in [5, 5.41) is 3.15. The summed E-state index contributed by atoms with van der Waals surface area (Å²) in [4.78, 5) is 13.7. The van der Waals surface area contributed by atoms with Crippen LogP contribution < -0.4 is 5.32 Å². The molecule has 84 valence electrons. The van der Waals surface area contributed by atoms with Crippen LogP contribution in [0, 0.1) is 0 Å². The van der Waals surface area contributed by atoms with Gasteiger partial charge in [-0.3, -0.25) is 4.79 Å². The van der Waals surface area contributed by atoms with Crippen LogP contribution in [0.4, 0.5) is 0 Å². The molecule has 0 unspecified atom stereocenters. The molecule has 0 spiro atoms. The predicted octanol–water partition coefficient (Wildman–Crippen LogP) is 1.33. The van der Waals surface area contributed by atoms with Crippen molar-refractivity contribution in [2.24, 2.45) is 0 Å². The Morgan fingerprint density at radius 2 is 2.27 bits per heavy atom. The predicted molar refractivity (Wildman–Crippen MR) is 62.6 cm³/mol. The zero-order chi connectivity index (χ0) is 11.3. The Balaban J connectivity index is 2.41. The summed E-state index contributed by atoms with van der Waals surface area (Å²) in [6, 6.07) is 0. The van der Waals surface area contributed by atoms with Gasteiger partial charge in [0.15, 0.2) is 0 Å². The Kier molecular flexibility index (Phi) is 4.56. The average molecular weight is 208 g/mol. The van der Waals surface area contributed by atoms with Crippen molar-refractivity contribution in [2.45, 2.75) is 19.8 Å². The molecule has 0 aromatic rings. The summed E-state index contributed by atoms with van der Waals surface area (Å²) in [5.74, 6) is 0.163. The molecule has 0 aliphatic carbocycles. The molecule has 3 heteroatoms. The molecule has 1 saturated heterocycles. The van der Waals surface area contributed by atoms with Crippen LogP contribution in [0.25, 0.3) is 0 Å². The van der Waals surface area contributed by atoms with Crippen molar-refractivity contribution in [1.29, 1.82) is 0 Å². The topological polar surface area (TPSA) is 32.3 Å². The second-order valence-electron chi connectivity index (χ2n) is 3.99. The van der Waals surface area contributed by atoms with E-state index in [-0.39, 0.29) is 5.91 Å². The highest BCUT2D eigenvalue weighted by Crippen LogP contribution is 2.11. The van der Waals surface area contributed by atoms with E-state index in [0.717, 1.165) is 38.0 Å². The van der Waals surface area contributed by atoms with Gasteiger partial charge in [0.2, 0.25) is 5.91 Å². The fraction of sp³-hybridized carbons (Fsp3) is 0.583. The van der Waals surface area contributed by atoms with Gasteiger partial charge in [0.1, 0.15) is 0 Å². The molecule has 1 fully saturated rings. The number of unbranched alkanes of at least 4 members (excludes halogenated alkanes) is 1. The first-order chi connectivity index (χ1) is 7.16. The van der Waals surface area contributed by atoms with E-state index in [0.29, 0.717) is 0 Å². The third-order valence-corrected chi connectivity index (χ3v) is 2.78. The number of carbonyl (C=O) groups excluding carboxylic acids is 1. The molecule has 1 heterocycles. The van der Waals surface area contributed by atoms with Crippen LogP contribution >= 0.6 is 0 Å². The molecule has 0 bridgehead atoms. The maximum atomic E-state index is 11.9. The number of hydrogen-bond donors (Lipinski definition) is 1. The van der Waals surface area contributed by atoms with E-state index in [1.54, 1.807) is 4.90 Å². The van der Waals surface area contributed by atoms with Crippen molar-refractivity contribution in [3.8, 4) is 0 Å². The van der Waals surface area contributed by atoms with E-state index in [9.17, 15) is 4.79 Å². The molecule has 1 amide bonds. The second-order valence-corrected chi connectivity index (χ2v) is 3.99. The van der Waals surface area contributed by atoms with Gasteiger partial charge in [-0.25, -0.2) is 0 Å². The Hall–Kier alpha value is -1.09. The lowest BCUT2D eigenvalue weighted by Gasteiger charge is -2.24. The van der Waals surface area contributed by atoms with Crippen LogP contribution in [0.15, 0.2) is 23.8 Å². The van der Waals surface area contributed by atoms with Gasteiger partial charge in [-0.1, -0.05) is 6.08 Å². The van der Waals surface area contributed by atoms with E-state index in [2.05, 4.69) is 11.9 Å². The number of nitrogens with zero attached hydrogens (tertiary/aromatic N) is 1. The fourth-order valence-electron chi connectivity index (χ4n) is 1.53. The van der Waals surface area contributed by atoms with Crippen molar-refractivity contribution in [2.75, 3.05) is 26.7 Å². The minimum absolute atomic E-state index is 0.163. The van der Waals surface area contributed by atoms with Crippen LogP contribution in [-0.4, -0.2) is 37.5 Å². The molecule has 0 aromatic carbocycles. The highest BCUT2D eigenvalue weighted by molar-refractivity contribution is 5.93. The molecule has 0 aromatic heterocycles. The van der Waals surface area contributed by atoms with E-state index >= 15 is 0 Å². The molecule has 1 N–H and O–H groups in total. The molecular weight excluding hydrogens is 188 g/mol. The van der Waals surface area contributed by atoms with Crippen molar-refractivity contribution in [1.82, 2.24) is 10.2 Å². The quantitative estimate of drug-likeness (QED) is 0.420. The van der Waals surface area contributed by atoms with Crippen molar-refractivity contribution < 1.29 is 4.79 Å². The molecule has 0 atom stereocenters. The third kappa shape index (κ3) is 3.20. The highest BCUT2D eigenvalue weighted by Gasteiger charge is 2.18. The SMILES string of the molecule is C=CCCCN(C)C(=O)C(C)=C1CNC1. The van der Waals surface area contributed by atoms with Crippen LogP contribution in [0.3, 0.4) is 0 Å². The Bertz CT molecular complexity index is 275. The minimum Gasteiger partial charge on any atom is -0.342 e. The molecule has 1 aliphatic rings. The highest BCUT2D eigenvalue weighted by atomic mass is 16.2. The smallest absolute Gasteiger partial charge is 0.249 e. The number of rotatable bonds is 5. The van der Waals surface area contributed by atoms with E-state index in [4.69, 9.17) is 0 Å². The maximum absolute atomic E-state index is 11.9. The number of carbonyl (C=O) groups is 1. The van der Waals surface area contributed by atoms with Gasteiger partial charge < -0.3 is 10.2 Å². The van der Waals surface area contributed by atoms with Crippen LogP contribution in [0.2, 0.25) is 0 Å². The van der Waals surface area contributed by atoms with E-state index in [1.165, 1.54) is 5.57 Å². The number of amides is 1. The first-order valence-electron chi connectivity index (χ1n) is 5.42. The molecule has 3 nitrogen and oxygen atoms in total.